The summed E-state index contributed by atoms with van der Waals surface area (Å²) >= 11 is 3.16. The first kappa shape index (κ1) is 13.3. The Balaban J connectivity index is 1.70. The predicted octanol–water partition coefficient (Wildman–Crippen LogP) is 2.33. The van der Waals surface area contributed by atoms with Crippen LogP contribution in [0.1, 0.15) is 22.0 Å². The minimum absolute atomic E-state index is 0.0182. The molecule has 0 unspecified atom stereocenters. The maximum absolute atomic E-state index is 11.9. The van der Waals surface area contributed by atoms with Gasteiger partial charge < -0.3 is 5.32 Å². The Kier molecular flexibility index (Phi) is 3.54. The predicted molar refractivity (Wildman–Crippen MR) is 80.2 cm³/mol. The van der Waals surface area contributed by atoms with Crippen molar-refractivity contribution in [1.29, 1.82) is 0 Å². The first-order valence-electron chi connectivity index (χ1n) is 6.23. The molecule has 0 spiro atoms. The minimum atomic E-state index is 0.0182. The second kappa shape index (κ2) is 5.34. The summed E-state index contributed by atoms with van der Waals surface area (Å²) in [6, 6.07) is 1.97. The Morgan fingerprint density at radius 3 is 3.05 bits per heavy atom. The molecule has 3 rings (SSSR count). The number of fused-ring (bicyclic) bond motifs is 1. The van der Waals surface area contributed by atoms with E-state index in [0.717, 1.165) is 26.9 Å². The van der Waals surface area contributed by atoms with Gasteiger partial charge in [-0.2, -0.15) is 16.4 Å². The van der Waals surface area contributed by atoms with E-state index in [1.807, 2.05) is 35.2 Å². The third-order valence-electron chi connectivity index (χ3n) is 3.00. The number of aromatic nitrogens is 3. The van der Waals surface area contributed by atoms with E-state index in [-0.39, 0.29) is 5.91 Å². The molecule has 0 bridgehead atoms. The Morgan fingerprint density at radius 1 is 1.45 bits per heavy atom. The Hall–Kier alpha value is -1.73. The van der Waals surface area contributed by atoms with Gasteiger partial charge in [-0.15, -0.1) is 0 Å². The summed E-state index contributed by atoms with van der Waals surface area (Å²) in [6.45, 7) is 4.35. The summed E-state index contributed by atoms with van der Waals surface area (Å²) in [7, 11) is 0. The number of nitrogens with one attached hydrogen (secondary N) is 1. The van der Waals surface area contributed by atoms with Crippen LogP contribution in [0.25, 0.3) is 4.96 Å². The van der Waals surface area contributed by atoms with Gasteiger partial charge in [0.15, 0.2) is 0 Å². The fourth-order valence-corrected chi connectivity index (χ4v) is 3.49. The summed E-state index contributed by atoms with van der Waals surface area (Å²) in [5, 5.41) is 12.3. The molecule has 3 aromatic rings. The van der Waals surface area contributed by atoms with Gasteiger partial charge in [-0.25, -0.2) is 9.50 Å². The Labute approximate surface area is 124 Å². The lowest BCUT2D eigenvalue weighted by Crippen LogP contribution is -2.25. The number of hydrogen-bond donors (Lipinski definition) is 1. The lowest BCUT2D eigenvalue weighted by molar-refractivity contribution is -0.120. The molecule has 0 aliphatic carbocycles. The third-order valence-corrected chi connectivity index (χ3v) is 4.55. The van der Waals surface area contributed by atoms with Crippen LogP contribution in [-0.2, 0) is 17.8 Å². The molecule has 0 aromatic carbocycles. The molecule has 0 saturated carbocycles. The fraction of sp³-hybridized carbons (Fsp3) is 0.308. The number of aryl methyl sites for hydroxylation is 2. The number of carbonyl (C=O) groups is 1. The molecule has 0 radical (unpaired) electrons. The van der Waals surface area contributed by atoms with E-state index in [4.69, 9.17) is 0 Å². The van der Waals surface area contributed by atoms with E-state index in [1.165, 1.54) is 0 Å². The second-order valence-electron chi connectivity index (χ2n) is 4.54. The molecule has 104 valence electrons. The van der Waals surface area contributed by atoms with Crippen molar-refractivity contribution in [1.82, 2.24) is 19.9 Å². The highest BCUT2D eigenvalue weighted by Gasteiger charge is 2.13. The summed E-state index contributed by atoms with van der Waals surface area (Å²) in [5.41, 5.74) is 2.91. The first-order valence-corrected chi connectivity index (χ1v) is 7.99. The molecule has 0 fully saturated rings. The van der Waals surface area contributed by atoms with Crippen molar-refractivity contribution in [3.63, 3.8) is 0 Å². The van der Waals surface area contributed by atoms with E-state index in [9.17, 15) is 4.79 Å². The maximum atomic E-state index is 11.9. The van der Waals surface area contributed by atoms with E-state index in [1.54, 1.807) is 22.7 Å². The SMILES string of the molecule is Cc1nn2c(CNC(=O)Cc3ccsc3)c(C)nc2s1. The molecule has 3 heterocycles. The summed E-state index contributed by atoms with van der Waals surface area (Å²) in [6.07, 6.45) is 0.417. The number of imidazole rings is 1. The number of thiophene rings is 1. The van der Waals surface area contributed by atoms with Crippen LogP contribution in [0.5, 0.6) is 0 Å². The zero-order chi connectivity index (χ0) is 14.1. The monoisotopic (exact) mass is 306 g/mol. The van der Waals surface area contributed by atoms with Crippen molar-refractivity contribution in [3.05, 3.63) is 38.8 Å². The smallest absolute Gasteiger partial charge is 0.224 e. The van der Waals surface area contributed by atoms with Gasteiger partial charge in [0.25, 0.3) is 0 Å². The van der Waals surface area contributed by atoms with Gasteiger partial charge in [0, 0.05) is 0 Å². The van der Waals surface area contributed by atoms with E-state index in [2.05, 4.69) is 15.4 Å². The third kappa shape index (κ3) is 2.59. The van der Waals surface area contributed by atoms with Crippen LogP contribution < -0.4 is 5.32 Å². The average Bonchev–Trinajstić information content (AvgIpc) is 3.05. The van der Waals surface area contributed by atoms with Crippen LogP contribution in [0.15, 0.2) is 16.8 Å². The van der Waals surface area contributed by atoms with Crippen LogP contribution in [0.3, 0.4) is 0 Å². The Bertz CT molecular complexity index is 742. The van der Waals surface area contributed by atoms with Gasteiger partial charge in [-0.3, -0.25) is 4.79 Å². The highest BCUT2D eigenvalue weighted by atomic mass is 32.1. The fourth-order valence-electron chi connectivity index (χ4n) is 2.01. The van der Waals surface area contributed by atoms with E-state index < -0.39 is 0 Å². The lowest BCUT2D eigenvalue weighted by atomic mass is 10.2. The highest BCUT2D eigenvalue weighted by Crippen LogP contribution is 2.17. The highest BCUT2D eigenvalue weighted by molar-refractivity contribution is 7.16. The van der Waals surface area contributed by atoms with Crippen LogP contribution in [0, 0.1) is 13.8 Å². The van der Waals surface area contributed by atoms with Gasteiger partial charge in [-0.1, -0.05) is 11.3 Å². The van der Waals surface area contributed by atoms with Gasteiger partial charge in [0.2, 0.25) is 10.9 Å². The second-order valence-corrected chi connectivity index (χ2v) is 6.48. The molecular formula is C13H14N4OS2. The lowest BCUT2D eigenvalue weighted by Gasteiger charge is -2.04. The van der Waals surface area contributed by atoms with Gasteiger partial charge in [-0.05, 0) is 36.2 Å². The molecule has 5 nitrogen and oxygen atoms in total. The maximum Gasteiger partial charge on any atom is 0.224 e. The van der Waals surface area contributed by atoms with Crippen LogP contribution in [0.2, 0.25) is 0 Å². The van der Waals surface area contributed by atoms with Crippen molar-refractivity contribution >= 4 is 33.5 Å². The number of hydrogen-bond acceptors (Lipinski definition) is 5. The molecule has 3 aromatic heterocycles. The molecule has 0 atom stereocenters. The van der Waals surface area contributed by atoms with Crippen LogP contribution in [-0.4, -0.2) is 20.5 Å². The number of carbonyl (C=O) groups excluding carboxylic acids is 1. The molecule has 0 aliphatic rings. The number of nitrogens with zero attached hydrogens (tertiary/aromatic N) is 3. The molecule has 0 saturated heterocycles. The standard InChI is InChI=1S/C13H14N4OS2/c1-8-11(17-13(15-8)20-9(2)16-17)6-14-12(18)5-10-3-4-19-7-10/h3-4,7H,5-6H2,1-2H3,(H,14,18). The molecule has 1 N–H and O–H groups in total. The minimum Gasteiger partial charge on any atom is -0.350 e. The quantitative estimate of drug-likeness (QED) is 0.805. The molecular weight excluding hydrogens is 292 g/mol. The number of amides is 1. The van der Waals surface area contributed by atoms with Gasteiger partial charge in [0.05, 0.1) is 24.4 Å². The number of rotatable bonds is 4. The first-order chi connectivity index (χ1) is 9.63. The van der Waals surface area contributed by atoms with Crippen LogP contribution >= 0.6 is 22.7 Å². The summed E-state index contributed by atoms with van der Waals surface area (Å²) in [4.78, 5) is 17.2. The Morgan fingerprint density at radius 2 is 2.30 bits per heavy atom. The normalized spacial score (nSPS) is 11.1. The molecule has 7 heteroatoms. The van der Waals surface area contributed by atoms with Crippen LogP contribution in [0.4, 0.5) is 0 Å². The van der Waals surface area contributed by atoms with E-state index in [0.29, 0.717) is 13.0 Å². The molecule has 20 heavy (non-hydrogen) atoms. The molecule has 0 aliphatic heterocycles. The van der Waals surface area contributed by atoms with Gasteiger partial charge in [0.1, 0.15) is 5.01 Å². The van der Waals surface area contributed by atoms with Crippen molar-refractivity contribution < 1.29 is 4.79 Å². The average molecular weight is 306 g/mol. The zero-order valence-corrected chi connectivity index (χ0v) is 12.8. The van der Waals surface area contributed by atoms with Gasteiger partial charge >= 0.3 is 0 Å². The summed E-state index contributed by atoms with van der Waals surface area (Å²) in [5.74, 6) is 0.0182. The van der Waals surface area contributed by atoms with Crippen molar-refractivity contribution in [2.45, 2.75) is 26.8 Å². The summed E-state index contributed by atoms with van der Waals surface area (Å²) < 4.78 is 1.82. The molecule has 1 amide bonds. The van der Waals surface area contributed by atoms with Crippen molar-refractivity contribution in [2.75, 3.05) is 0 Å². The van der Waals surface area contributed by atoms with Crippen molar-refractivity contribution in [3.8, 4) is 0 Å². The zero-order valence-electron chi connectivity index (χ0n) is 11.2. The largest absolute Gasteiger partial charge is 0.350 e. The van der Waals surface area contributed by atoms with Crippen molar-refractivity contribution in [2.24, 2.45) is 0 Å². The topological polar surface area (TPSA) is 59.3 Å². The van der Waals surface area contributed by atoms with E-state index >= 15 is 0 Å².